The Bertz CT molecular complexity index is 1240. The molecule has 1 heterocycles. The number of nitrogens with zero attached hydrogens (tertiary/aromatic N) is 2. The Morgan fingerprint density at radius 3 is 2.48 bits per heavy atom. The number of nitrogens with one attached hydrogen (secondary N) is 2. The largest absolute Gasteiger partial charge is 0.495 e. The molecule has 33 heavy (non-hydrogen) atoms. The van der Waals surface area contributed by atoms with Crippen molar-refractivity contribution < 1.29 is 9.53 Å². The lowest BCUT2D eigenvalue weighted by Gasteiger charge is -2.17. The van der Waals surface area contributed by atoms with Crippen LogP contribution in [0.3, 0.4) is 0 Å². The Hall–Kier alpha value is -3.84. The van der Waals surface area contributed by atoms with E-state index in [1.165, 1.54) is 11.8 Å². The van der Waals surface area contributed by atoms with Crippen LogP contribution in [-0.4, -0.2) is 28.2 Å². The Morgan fingerprint density at radius 2 is 1.76 bits per heavy atom. The molecule has 0 aliphatic rings. The average molecular weight is 457 g/mol. The van der Waals surface area contributed by atoms with Gasteiger partial charge in [0.25, 0.3) is 0 Å². The third-order valence-corrected chi connectivity index (χ3v) is 6.01. The lowest BCUT2D eigenvalue weighted by molar-refractivity contribution is -0.115. The van der Waals surface area contributed by atoms with E-state index in [1.807, 2.05) is 97.9 Å². The molecule has 0 aliphatic heterocycles. The molecule has 3 aromatic carbocycles. The monoisotopic (exact) mass is 456 g/mol. The van der Waals surface area contributed by atoms with Crippen molar-refractivity contribution in [2.75, 3.05) is 12.4 Å². The van der Waals surface area contributed by atoms with Crippen LogP contribution in [0.5, 0.6) is 5.75 Å². The minimum Gasteiger partial charge on any atom is -0.495 e. The number of rotatable bonds is 8. The molecule has 0 bridgehead atoms. The predicted molar refractivity (Wildman–Crippen MR) is 133 cm³/mol. The maximum Gasteiger partial charge on any atom is 0.242 e. The molecule has 1 unspecified atom stereocenters. The van der Waals surface area contributed by atoms with Gasteiger partial charge in [0.15, 0.2) is 0 Å². The highest BCUT2D eigenvalue weighted by molar-refractivity contribution is 8.00. The molecular formula is C26H24N4O2S. The summed E-state index contributed by atoms with van der Waals surface area (Å²) in [6, 6.07) is 25.2. The first-order valence-corrected chi connectivity index (χ1v) is 11.3. The molecule has 0 saturated heterocycles. The number of H-pyrrole nitrogens is 1. The highest BCUT2D eigenvalue weighted by atomic mass is 32.2. The van der Waals surface area contributed by atoms with Gasteiger partial charge in [-0.3, -0.25) is 9.89 Å². The topological polar surface area (TPSA) is 79.9 Å². The Labute approximate surface area is 197 Å². The van der Waals surface area contributed by atoms with Gasteiger partial charge in [-0.25, -0.2) is 4.98 Å². The Kier molecular flexibility index (Phi) is 7.22. The van der Waals surface area contributed by atoms with Crippen LogP contribution in [0.1, 0.15) is 27.8 Å². The molecule has 0 spiro atoms. The molecule has 0 aliphatic carbocycles. The second-order valence-corrected chi connectivity index (χ2v) is 8.42. The van der Waals surface area contributed by atoms with Crippen molar-refractivity contribution in [2.45, 2.75) is 17.3 Å². The summed E-state index contributed by atoms with van der Waals surface area (Å²) < 4.78 is 5.41. The Balaban J connectivity index is 1.55. The first-order chi connectivity index (χ1) is 16.1. The van der Waals surface area contributed by atoms with Gasteiger partial charge in [0.05, 0.1) is 12.8 Å². The van der Waals surface area contributed by atoms with Gasteiger partial charge in [-0.05, 0) is 41.8 Å². The van der Waals surface area contributed by atoms with Crippen LogP contribution in [0.2, 0.25) is 0 Å². The number of amides is 1. The van der Waals surface area contributed by atoms with Crippen molar-refractivity contribution in [1.29, 1.82) is 0 Å². The molecule has 4 rings (SSSR count). The molecule has 166 valence electrons. The standard InChI is InChI=1S/C26H24N4O2S/c1-18-13-15-22(32-2)21(17-18)27-25(31)24(20-11-7-4-8-12-20)33-26-28-23(29-30-26)16-14-19-9-5-3-6-10-19/h3-17,24H,1-2H3,(H,27,31)(H,28,29,30)/b16-14+. The fourth-order valence-electron chi connectivity index (χ4n) is 3.25. The average Bonchev–Trinajstić information content (AvgIpc) is 3.30. The van der Waals surface area contributed by atoms with Crippen LogP contribution >= 0.6 is 11.8 Å². The van der Waals surface area contributed by atoms with E-state index in [-0.39, 0.29) is 5.91 Å². The minimum absolute atomic E-state index is 0.179. The summed E-state index contributed by atoms with van der Waals surface area (Å²) in [6.07, 6.45) is 3.82. The number of ether oxygens (including phenoxy) is 1. The van der Waals surface area contributed by atoms with Gasteiger partial charge in [0, 0.05) is 0 Å². The fourth-order valence-corrected chi connectivity index (χ4v) is 4.17. The second-order valence-electron chi connectivity index (χ2n) is 7.35. The van der Waals surface area contributed by atoms with Crippen molar-refractivity contribution in [3.8, 4) is 5.75 Å². The van der Waals surface area contributed by atoms with Crippen molar-refractivity contribution in [2.24, 2.45) is 0 Å². The van der Waals surface area contributed by atoms with Gasteiger partial charge in [0.2, 0.25) is 11.1 Å². The summed E-state index contributed by atoms with van der Waals surface area (Å²) in [6.45, 7) is 1.97. The van der Waals surface area contributed by atoms with Crippen LogP contribution in [-0.2, 0) is 4.79 Å². The number of methoxy groups -OCH3 is 1. The van der Waals surface area contributed by atoms with Crippen molar-refractivity contribution in [3.05, 3.63) is 101 Å². The summed E-state index contributed by atoms with van der Waals surface area (Å²) in [7, 11) is 1.59. The van der Waals surface area contributed by atoms with Gasteiger partial charge in [-0.1, -0.05) is 84.6 Å². The quantitative estimate of drug-likeness (QED) is 0.329. The summed E-state index contributed by atoms with van der Waals surface area (Å²) in [5.41, 5.74) is 3.58. The molecular weight excluding hydrogens is 432 g/mol. The minimum atomic E-state index is -0.543. The van der Waals surface area contributed by atoms with E-state index in [1.54, 1.807) is 7.11 Å². The molecule has 1 aromatic heterocycles. The predicted octanol–water partition coefficient (Wildman–Crippen LogP) is 5.76. The number of hydrogen-bond donors (Lipinski definition) is 2. The summed E-state index contributed by atoms with van der Waals surface area (Å²) >= 11 is 1.29. The number of aromatic nitrogens is 3. The van der Waals surface area contributed by atoms with E-state index < -0.39 is 5.25 Å². The molecule has 6 nitrogen and oxygen atoms in total. The number of carbonyl (C=O) groups excluding carboxylic acids is 1. The molecule has 2 N–H and O–H groups in total. The zero-order chi connectivity index (χ0) is 23.0. The van der Waals surface area contributed by atoms with Gasteiger partial charge >= 0.3 is 0 Å². The van der Waals surface area contributed by atoms with Crippen molar-refractivity contribution in [1.82, 2.24) is 15.2 Å². The highest BCUT2D eigenvalue weighted by Gasteiger charge is 2.25. The number of carbonyl (C=O) groups is 1. The third-order valence-electron chi connectivity index (χ3n) is 4.89. The van der Waals surface area contributed by atoms with E-state index in [4.69, 9.17) is 4.74 Å². The molecule has 7 heteroatoms. The van der Waals surface area contributed by atoms with Crippen molar-refractivity contribution in [3.63, 3.8) is 0 Å². The van der Waals surface area contributed by atoms with Gasteiger partial charge in [0.1, 0.15) is 16.8 Å². The van der Waals surface area contributed by atoms with E-state index in [2.05, 4.69) is 20.5 Å². The number of aryl methyl sites for hydroxylation is 1. The zero-order valence-electron chi connectivity index (χ0n) is 18.4. The van der Waals surface area contributed by atoms with E-state index in [0.29, 0.717) is 22.4 Å². The maximum atomic E-state index is 13.3. The molecule has 1 amide bonds. The number of aromatic amines is 1. The number of thioether (sulfide) groups is 1. The summed E-state index contributed by atoms with van der Waals surface area (Å²) in [5.74, 6) is 1.05. The smallest absolute Gasteiger partial charge is 0.242 e. The summed E-state index contributed by atoms with van der Waals surface area (Å²) in [4.78, 5) is 17.9. The van der Waals surface area contributed by atoms with Gasteiger partial charge in [-0.2, -0.15) is 0 Å². The van der Waals surface area contributed by atoms with Crippen LogP contribution in [0, 0.1) is 6.92 Å². The van der Waals surface area contributed by atoms with E-state index >= 15 is 0 Å². The summed E-state index contributed by atoms with van der Waals surface area (Å²) in [5, 5.41) is 10.2. The van der Waals surface area contributed by atoms with Crippen LogP contribution in [0.15, 0.2) is 84.0 Å². The number of benzene rings is 3. The third kappa shape index (κ3) is 5.90. The molecule has 4 aromatic rings. The number of hydrogen-bond acceptors (Lipinski definition) is 5. The maximum absolute atomic E-state index is 13.3. The van der Waals surface area contributed by atoms with E-state index in [0.717, 1.165) is 16.7 Å². The van der Waals surface area contributed by atoms with Crippen LogP contribution in [0.4, 0.5) is 5.69 Å². The van der Waals surface area contributed by atoms with Gasteiger partial charge in [-0.15, -0.1) is 5.10 Å². The van der Waals surface area contributed by atoms with Crippen LogP contribution in [0.25, 0.3) is 12.2 Å². The SMILES string of the molecule is COc1ccc(C)cc1NC(=O)C(Sc1n[nH]c(/C=C/c2ccccc2)n1)c1ccccc1. The molecule has 0 fully saturated rings. The van der Waals surface area contributed by atoms with Gasteiger partial charge < -0.3 is 10.1 Å². The first-order valence-electron chi connectivity index (χ1n) is 10.4. The Morgan fingerprint density at radius 1 is 1.03 bits per heavy atom. The highest BCUT2D eigenvalue weighted by Crippen LogP contribution is 2.35. The van der Waals surface area contributed by atoms with E-state index in [9.17, 15) is 4.79 Å². The lowest BCUT2D eigenvalue weighted by atomic mass is 10.1. The normalized spacial score (nSPS) is 11.9. The first kappa shape index (κ1) is 22.4. The molecule has 0 radical (unpaired) electrons. The van der Waals surface area contributed by atoms with Crippen LogP contribution < -0.4 is 10.1 Å². The van der Waals surface area contributed by atoms with Crippen molar-refractivity contribution >= 4 is 35.5 Å². The second kappa shape index (κ2) is 10.7. The zero-order valence-corrected chi connectivity index (χ0v) is 19.2. The number of anilines is 1. The molecule has 0 saturated carbocycles. The molecule has 1 atom stereocenters. The lowest BCUT2D eigenvalue weighted by Crippen LogP contribution is -2.19. The fraction of sp³-hybridized carbons (Fsp3) is 0.115.